The molecule has 0 aromatic heterocycles. The number of piperazine rings is 1. The molecule has 14 heavy (non-hydrogen) atoms. The lowest BCUT2D eigenvalue weighted by Crippen LogP contribution is -3.13. The van der Waals surface area contributed by atoms with E-state index in [1.165, 1.54) is 43.9 Å². The van der Waals surface area contributed by atoms with Crippen molar-refractivity contribution in [2.45, 2.75) is 13.5 Å². The molecule has 1 aliphatic rings. The van der Waals surface area contributed by atoms with Gasteiger partial charge in [-0.1, -0.05) is 29.8 Å². The van der Waals surface area contributed by atoms with E-state index in [0.29, 0.717) is 0 Å². The van der Waals surface area contributed by atoms with Crippen molar-refractivity contribution in [1.82, 2.24) is 5.32 Å². The number of benzene rings is 1. The number of aryl methyl sites for hydroxylation is 1. The minimum atomic E-state index is 1.17. The predicted molar refractivity (Wildman–Crippen MR) is 58.4 cm³/mol. The van der Waals surface area contributed by atoms with Crippen LogP contribution in [0, 0.1) is 6.92 Å². The van der Waals surface area contributed by atoms with E-state index in [-0.39, 0.29) is 0 Å². The molecular formula is C12H19N2+. The third-order valence-corrected chi connectivity index (χ3v) is 2.89. The molecule has 76 valence electrons. The molecule has 0 amide bonds. The monoisotopic (exact) mass is 191 g/mol. The molecule has 2 rings (SSSR count). The molecule has 2 nitrogen and oxygen atoms in total. The third kappa shape index (κ3) is 2.56. The number of quaternary nitrogens is 1. The lowest BCUT2D eigenvalue weighted by Gasteiger charge is -2.24. The largest absolute Gasteiger partial charge is 0.329 e. The molecule has 1 aliphatic heterocycles. The maximum Gasteiger partial charge on any atom is 0.103 e. The van der Waals surface area contributed by atoms with Crippen molar-refractivity contribution < 1.29 is 4.90 Å². The summed E-state index contributed by atoms with van der Waals surface area (Å²) >= 11 is 0. The summed E-state index contributed by atoms with van der Waals surface area (Å²) in [5, 5.41) is 3.39. The Morgan fingerprint density at radius 3 is 2.43 bits per heavy atom. The van der Waals surface area contributed by atoms with Crippen molar-refractivity contribution >= 4 is 0 Å². The van der Waals surface area contributed by atoms with Gasteiger partial charge in [-0.3, -0.25) is 0 Å². The molecule has 1 aromatic carbocycles. The topological polar surface area (TPSA) is 16.5 Å². The molecule has 2 N–H and O–H groups in total. The Balaban J connectivity index is 1.92. The van der Waals surface area contributed by atoms with Crippen LogP contribution in [0.5, 0.6) is 0 Å². The molecule has 1 saturated heterocycles. The highest BCUT2D eigenvalue weighted by Crippen LogP contribution is 2.01. The van der Waals surface area contributed by atoms with Crippen molar-refractivity contribution in [3.05, 3.63) is 35.4 Å². The smallest absolute Gasteiger partial charge is 0.103 e. The Kier molecular flexibility index (Phi) is 3.17. The second-order valence-corrected chi connectivity index (χ2v) is 4.16. The number of hydrogen-bond donors (Lipinski definition) is 2. The van der Waals surface area contributed by atoms with Gasteiger partial charge in [-0.25, -0.2) is 0 Å². The van der Waals surface area contributed by atoms with Gasteiger partial charge in [-0.05, 0) is 6.92 Å². The number of hydrogen-bond acceptors (Lipinski definition) is 1. The minimum Gasteiger partial charge on any atom is -0.329 e. The molecule has 1 heterocycles. The Bertz CT molecular complexity index is 273. The molecule has 1 fully saturated rings. The van der Waals surface area contributed by atoms with E-state index in [2.05, 4.69) is 36.5 Å². The lowest BCUT2D eigenvalue weighted by molar-refractivity contribution is -0.915. The second kappa shape index (κ2) is 4.58. The highest BCUT2D eigenvalue weighted by Gasteiger charge is 2.12. The van der Waals surface area contributed by atoms with E-state index < -0.39 is 0 Å². The first kappa shape index (κ1) is 9.69. The van der Waals surface area contributed by atoms with Gasteiger partial charge in [0, 0.05) is 18.7 Å². The molecule has 0 saturated carbocycles. The molecular weight excluding hydrogens is 172 g/mol. The minimum absolute atomic E-state index is 1.17. The molecule has 0 radical (unpaired) electrons. The van der Waals surface area contributed by atoms with Gasteiger partial charge in [0.25, 0.3) is 0 Å². The van der Waals surface area contributed by atoms with E-state index in [1.54, 1.807) is 4.90 Å². The first-order valence-electron chi connectivity index (χ1n) is 5.44. The van der Waals surface area contributed by atoms with Crippen LogP contribution in [0.25, 0.3) is 0 Å². The summed E-state index contributed by atoms with van der Waals surface area (Å²) in [5.74, 6) is 0. The van der Waals surface area contributed by atoms with Gasteiger partial charge in [0.2, 0.25) is 0 Å². The maximum atomic E-state index is 3.39. The summed E-state index contributed by atoms with van der Waals surface area (Å²) in [7, 11) is 0. The molecule has 0 atom stereocenters. The Morgan fingerprint density at radius 2 is 1.79 bits per heavy atom. The van der Waals surface area contributed by atoms with E-state index in [1.807, 2.05) is 0 Å². The van der Waals surface area contributed by atoms with Crippen LogP contribution >= 0.6 is 0 Å². The van der Waals surface area contributed by atoms with Crippen molar-refractivity contribution in [1.29, 1.82) is 0 Å². The van der Waals surface area contributed by atoms with Gasteiger partial charge in [0.05, 0.1) is 13.1 Å². The summed E-state index contributed by atoms with van der Waals surface area (Å²) in [6, 6.07) is 8.92. The zero-order chi connectivity index (χ0) is 9.80. The van der Waals surface area contributed by atoms with Crippen LogP contribution in [0.3, 0.4) is 0 Å². The summed E-state index contributed by atoms with van der Waals surface area (Å²) < 4.78 is 0. The third-order valence-electron chi connectivity index (χ3n) is 2.89. The summed E-state index contributed by atoms with van der Waals surface area (Å²) in [4.78, 5) is 1.70. The standard InChI is InChI=1S/C12H18N2/c1-11-2-4-12(5-3-11)10-14-8-6-13-7-9-14/h2-5,13H,6-10H2,1H3/p+1. The number of rotatable bonds is 2. The van der Waals surface area contributed by atoms with Crippen LogP contribution in [0.4, 0.5) is 0 Å². The lowest BCUT2D eigenvalue weighted by atomic mass is 10.1. The van der Waals surface area contributed by atoms with E-state index in [4.69, 9.17) is 0 Å². The molecule has 2 heteroatoms. The van der Waals surface area contributed by atoms with Crippen LogP contribution in [0.15, 0.2) is 24.3 Å². The zero-order valence-corrected chi connectivity index (χ0v) is 8.84. The fourth-order valence-electron chi connectivity index (χ4n) is 1.95. The average molecular weight is 191 g/mol. The highest BCUT2D eigenvalue weighted by atomic mass is 15.2. The van der Waals surface area contributed by atoms with Crippen molar-refractivity contribution in [2.75, 3.05) is 26.2 Å². The molecule has 0 bridgehead atoms. The van der Waals surface area contributed by atoms with Crippen LogP contribution in [-0.2, 0) is 6.54 Å². The van der Waals surface area contributed by atoms with E-state index in [9.17, 15) is 0 Å². The van der Waals surface area contributed by atoms with Crippen molar-refractivity contribution in [3.63, 3.8) is 0 Å². The highest BCUT2D eigenvalue weighted by molar-refractivity contribution is 5.20. The van der Waals surface area contributed by atoms with Gasteiger partial charge in [-0.2, -0.15) is 0 Å². The quantitative estimate of drug-likeness (QED) is 0.672. The number of nitrogens with one attached hydrogen (secondary N) is 2. The SMILES string of the molecule is Cc1ccc(C[NH+]2CCNCC2)cc1. The first-order valence-corrected chi connectivity index (χ1v) is 5.44. The first-order chi connectivity index (χ1) is 6.84. The normalized spacial score (nSPS) is 18.4. The van der Waals surface area contributed by atoms with Crippen LogP contribution in [-0.4, -0.2) is 26.2 Å². The maximum absolute atomic E-state index is 3.39. The van der Waals surface area contributed by atoms with Crippen LogP contribution in [0.2, 0.25) is 0 Å². The fourth-order valence-corrected chi connectivity index (χ4v) is 1.95. The second-order valence-electron chi connectivity index (χ2n) is 4.16. The zero-order valence-electron chi connectivity index (χ0n) is 8.84. The van der Waals surface area contributed by atoms with Gasteiger partial charge in [0.1, 0.15) is 6.54 Å². The van der Waals surface area contributed by atoms with E-state index in [0.717, 1.165) is 0 Å². The van der Waals surface area contributed by atoms with Crippen molar-refractivity contribution in [2.24, 2.45) is 0 Å². The van der Waals surface area contributed by atoms with Crippen LogP contribution in [0.1, 0.15) is 11.1 Å². The molecule has 1 aromatic rings. The Hall–Kier alpha value is -0.860. The molecule has 0 aliphatic carbocycles. The fraction of sp³-hybridized carbons (Fsp3) is 0.500. The van der Waals surface area contributed by atoms with Gasteiger partial charge in [-0.15, -0.1) is 0 Å². The predicted octanol–water partition coefficient (Wildman–Crippen LogP) is -0.0169. The summed E-state index contributed by atoms with van der Waals surface area (Å²) in [5.41, 5.74) is 2.82. The van der Waals surface area contributed by atoms with Gasteiger partial charge < -0.3 is 10.2 Å². The summed E-state index contributed by atoms with van der Waals surface area (Å²) in [6.45, 7) is 8.17. The average Bonchev–Trinajstić information content (AvgIpc) is 2.23. The van der Waals surface area contributed by atoms with Gasteiger partial charge >= 0.3 is 0 Å². The van der Waals surface area contributed by atoms with Gasteiger partial charge in [0.15, 0.2) is 0 Å². The molecule has 0 spiro atoms. The van der Waals surface area contributed by atoms with E-state index >= 15 is 0 Å². The Labute approximate surface area is 85.9 Å². The van der Waals surface area contributed by atoms with Crippen LogP contribution < -0.4 is 10.2 Å². The Morgan fingerprint density at radius 1 is 1.14 bits per heavy atom. The van der Waals surface area contributed by atoms with Crippen molar-refractivity contribution in [3.8, 4) is 0 Å². The summed E-state index contributed by atoms with van der Waals surface area (Å²) in [6.07, 6.45) is 0. The molecule has 0 unspecified atom stereocenters.